The SMILES string of the molecule is CC(C)C(=O)N(CC(=O)N1CCCN(c2ccc(-c3ccccc3)nn2)CC1)Cc1ccc(F)cc1. The van der Waals surface area contributed by atoms with Crippen LogP contribution in [0, 0.1) is 11.7 Å². The number of amides is 2. The molecule has 1 fully saturated rings. The molecule has 0 bridgehead atoms. The van der Waals surface area contributed by atoms with E-state index in [0.717, 1.165) is 35.6 Å². The van der Waals surface area contributed by atoms with Crippen molar-refractivity contribution in [3.8, 4) is 11.3 Å². The Morgan fingerprint density at radius 2 is 1.67 bits per heavy atom. The summed E-state index contributed by atoms with van der Waals surface area (Å²) in [6.07, 6.45) is 0.796. The first-order valence-corrected chi connectivity index (χ1v) is 12.4. The van der Waals surface area contributed by atoms with Crippen LogP contribution in [0.1, 0.15) is 25.8 Å². The van der Waals surface area contributed by atoms with E-state index in [0.29, 0.717) is 19.6 Å². The van der Waals surface area contributed by atoms with Gasteiger partial charge in [0, 0.05) is 44.2 Å². The van der Waals surface area contributed by atoms with E-state index in [9.17, 15) is 14.0 Å². The van der Waals surface area contributed by atoms with Gasteiger partial charge in [0.15, 0.2) is 5.82 Å². The molecule has 0 spiro atoms. The molecule has 0 saturated carbocycles. The molecule has 7 nitrogen and oxygen atoms in total. The highest BCUT2D eigenvalue weighted by Crippen LogP contribution is 2.19. The number of benzene rings is 2. The van der Waals surface area contributed by atoms with Gasteiger partial charge in [-0.05, 0) is 36.2 Å². The third-order valence-corrected chi connectivity index (χ3v) is 6.31. The summed E-state index contributed by atoms with van der Waals surface area (Å²) in [4.78, 5) is 31.6. The molecule has 8 heteroatoms. The number of nitrogens with zero attached hydrogens (tertiary/aromatic N) is 5. The van der Waals surface area contributed by atoms with Crippen LogP contribution >= 0.6 is 0 Å². The standard InChI is InChI=1S/C28H32FN5O2/c1-21(2)28(36)34(19-22-9-11-24(29)12-10-22)20-27(35)33-16-6-15-32(17-18-33)26-14-13-25(30-31-26)23-7-4-3-5-8-23/h3-5,7-14,21H,6,15-20H2,1-2H3. The molecule has 0 atom stereocenters. The van der Waals surface area contributed by atoms with Crippen molar-refractivity contribution in [1.82, 2.24) is 20.0 Å². The van der Waals surface area contributed by atoms with E-state index in [1.807, 2.05) is 61.2 Å². The minimum atomic E-state index is -0.329. The van der Waals surface area contributed by atoms with Crippen LogP contribution in [0.25, 0.3) is 11.3 Å². The summed E-state index contributed by atoms with van der Waals surface area (Å²) in [6, 6.07) is 19.9. The van der Waals surface area contributed by atoms with Gasteiger partial charge in [-0.2, -0.15) is 0 Å². The van der Waals surface area contributed by atoms with Crippen LogP contribution in [0.2, 0.25) is 0 Å². The van der Waals surface area contributed by atoms with Crippen LogP contribution < -0.4 is 4.90 Å². The lowest BCUT2D eigenvalue weighted by Gasteiger charge is -2.28. The summed E-state index contributed by atoms with van der Waals surface area (Å²) >= 11 is 0. The van der Waals surface area contributed by atoms with Gasteiger partial charge in [-0.3, -0.25) is 9.59 Å². The van der Waals surface area contributed by atoms with Crippen molar-refractivity contribution in [2.45, 2.75) is 26.8 Å². The Kier molecular flexibility index (Phi) is 8.25. The molecule has 1 aromatic heterocycles. The summed E-state index contributed by atoms with van der Waals surface area (Å²) in [7, 11) is 0. The van der Waals surface area contributed by atoms with Gasteiger partial charge in [-0.15, -0.1) is 10.2 Å². The third-order valence-electron chi connectivity index (χ3n) is 6.31. The minimum absolute atomic E-state index is 0.0000318. The van der Waals surface area contributed by atoms with Crippen molar-refractivity contribution in [1.29, 1.82) is 0 Å². The van der Waals surface area contributed by atoms with E-state index in [1.54, 1.807) is 17.0 Å². The van der Waals surface area contributed by atoms with E-state index in [4.69, 9.17) is 0 Å². The van der Waals surface area contributed by atoms with E-state index in [1.165, 1.54) is 12.1 Å². The molecule has 2 heterocycles. The number of aromatic nitrogens is 2. The van der Waals surface area contributed by atoms with Crippen molar-refractivity contribution in [3.63, 3.8) is 0 Å². The van der Waals surface area contributed by atoms with Crippen LogP contribution in [0.4, 0.5) is 10.2 Å². The topological polar surface area (TPSA) is 69.6 Å². The molecule has 0 radical (unpaired) electrons. The van der Waals surface area contributed by atoms with Crippen LogP contribution in [0.15, 0.2) is 66.7 Å². The maximum Gasteiger partial charge on any atom is 0.242 e. The number of carbonyl (C=O) groups is 2. The maximum absolute atomic E-state index is 13.3. The second-order valence-corrected chi connectivity index (χ2v) is 9.34. The van der Waals surface area contributed by atoms with E-state index in [2.05, 4.69) is 15.1 Å². The smallest absolute Gasteiger partial charge is 0.242 e. The second-order valence-electron chi connectivity index (χ2n) is 9.34. The minimum Gasteiger partial charge on any atom is -0.353 e. The van der Waals surface area contributed by atoms with Gasteiger partial charge in [-0.25, -0.2) is 4.39 Å². The van der Waals surface area contributed by atoms with E-state index >= 15 is 0 Å². The van der Waals surface area contributed by atoms with Gasteiger partial charge in [0.2, 0.25) is 11.8 Å². The summed E-state index contributed by atoms with van der Waals surface area (Å²) in [5.41, 5.74) is 2.63. The molecule has 1 saturated heterocycles. The number of hydrogen-bond donors (Lipinski definition) is 0. The average molecular weight is 490 g/mol. The predicted molar refractivity (Wildman–Crippen MR) is 138 cm³/mol. The van der Waals surface area contributed by atoms with Gasteiger partial charge >= 0.3 is 0 Å². The lowest BCUT2D eigenvalue weighted by Crippen LogP contribution is -2.45. The zero-order valence-corrected chi connectivity index (χ0v) is 20.8. The summed E-state index contributed by atoms with van der Waals surface area (Å²) < 4.78 is 13.3. The van der Waals surface area contributed by atoms with Crippen LogP contribution in [0.5, 0.6) is 0 Å². The van der Waals surface area contributed by atoms with E-state index < -0.39 is 0 Å². The van der Waals surface area contributed by atoms with Crippen molar-refractivity contribution in [2.24, 2.45) is 5.92 Å². The van der Waals surface area contributed by atoms with Crippen LogP contribution in [-0.4, -0.2) is 64.5 Å². The highest BCUT2D eigenvalue weighted by atomic mass is 19.1. The molecule has 0 aliphatic carbocycles. The third kappa shape index (κ3) is 6.44. The molecule has 2 amide bonds. The number of rotatable bonds is 7. The quantitative estimate of drug-likeness (QED) is 0.502. The molecule has 2 aromatic carbocycles. The molecule has 0 N–H and O–H groups in total. The summed E-state index contributed by atoms with van der Waals surface area (Å²) in [5.74, 6) is 0.0358. The van der Waals surface area contributed by atoms with E-state index in [-0.39, 0.29) is 36.6 Å². The highest BCUT2D eigenvalue weighted by Gasteiger charge is 2.25. The summed E-state index contributed by atoms with van der Waals surface area (Å²) in [5, 5.41) is 8.82. The Morgan fingerprint density at radius 3 is 2.33 bits per heavy atom. The average Bonchev–Trinajstić information content (AvgIpc) is 3.16. The Balaban J connectivity index is 1.38. The Bertz CT molecular complexity index is 1150. The fraction of sp³-hybridized carbons (Fsp3) is 0.357. The highest BCUT2D eigenvalue weighted by molar-refractivity contribution is 5.85. The largest absolute Gasteiger partial charge is 0.353 e. The molecular weight excluding hydrogens is 457 g/mol. The fourth-order valence-corrected chi connectivity index (χ4v) is 4.30. The first kappa shape index (κ1) is 25.3. The molecule has 4 rings (SSSR count). The number of anilines is 1. The number of halogens is 1. The predicted octanol–water partition coefficient (Wildman–Crippen LogP) is 4.01. The number of hydrogen-bond acceptors (Lipinski definition) is 5. The Morgan fingerprint density at radius 1 is 0.917 bits per heavy atom. The zero-order chi connectivity index (χ0) is 25.5. The Hall–Kier alpha value is -3.81. The monoisotopic (exact) mass is 489 g/mol. The normalized spacial score (nSPS) is 14.0. The summed E-state index contributed by atoms with van der Waals surface area (Å²) in [6.45, 7) is 6.48. The van der Waals surface area contributed by atoms with Gasteiger partial charge in [0.05, 0.1) is 5.69 Å². The van der Waals surface area contributed by atoms with Gasteiger partial charge in [-0.1, -0.05) is 56.3 Å². The van der Waals surface area contributed by atoms with Gasteiger partial charge < -0.3 is 14.7 Å². The molecule has 0 unspecified atom stereocenters. The number of carbonyl (C=O) groups excluding carboxylic acids is 2. The van der Waals surface area contributed by atoms with Crippen molar-refractivity contribution in [2.75, 3.05) is 37.6 Å². The maximum atomic E-state index is 13.3. The van der Waals surface area contributed by atoms with Crippen molar-refractivity contribution < 1.29 is 14.0 Å². The molecule has 36 heavy (non-hydrogen) atoms. The molecule has 188 valence electrons. The molecule has 1 aliphatic rings. The van der Waals surface area contributed by atoms with Crippen molar-refractivity contribution in [3.05, 3.63) is 78.1 Å². The lowest BCUT2D eigenvalue weighted by atomic mass is 10.1. The lowest BCUT2D eigenvalue weighted by molar-refractivity contribution is -0.142. The first-order valence-electron chi connectivity index (χ1n) is 12.4. The van der Waals surface area contributed by atoms with Crippen LogP contribution in [0.3, 0.4) is 0 Å². The molecular formula is C28H32FN5O2. The zero-order valence-electron chi connectivity index (χ0n) is 20.8. The molecule has 3 aromatic rings. The first-order chi connectivity index (χ1) is 17.4. The van der Waals surface area contributed by atoms with Crippen molar-refractivity contribution >= 4 is 17.6 Å². The van der Waals surface area contributed by atoms with Crippen LogP contribution in [-0.2, 0) is 16.1 Å². The van der Waals surface area contributed by atoms with Gasteiger partial charge in [0.1, 0.15) is 12.4 Å². The fourth-order valence-electron chi connectivity index (χ4n) is 4.30. The second kappa shape index (κ2) is 11.7. The van der Waals surface area contributed by atoms with Gasteiger partial charge in [0.25, 0.3) is 0 Å². The Labute approximate surface area is 211 Å². The molecule has 1 aliphatic heterocycles.